The lowest BCUT2D eigenvalue weighted by atomic mass is 10.3. The summed E-state index contributed by atoms with van der Waals surface area (Å²) in [5.74, 6) is 0.474. The van der Waals surface area contributed by atoms with Crippen molar-refractivity contribution in [1.29, 1.82) is 0 Å². The van der Waals surface area contributed by atoms with Gasteiger partial charge in [-0.3, -0.25) is 4.72 Å². The fraction of sp³-hybridized carbons (Fsp3) is 0.0833. The number of sulfonamides is 1. The number of benzene rings is 1. The topological polar surface area (TPSA) is 71.1 Å². The van der Waals surface area contributed by atoms with E-state index < -0.39 is 10.0 Å². The number of hydrogen-bond donors (Lipinski definition) is 2. The van der Waals surface area contributed by atoms with Crippen molar-refractivity contribution in [3.63, 3.8) is 0 Å². The van der Waals surface area contributed by atoms with Crippen LogP contribution < -0.4 is 10.0 Å². The lowest BCUT2D eigenvalue weighted by molar-refractivity contribution is 0.601. The monoisotopic (exact) mass is 297 g/mol. The van der Waals surface area contributed by atoms with Gasteiger partial charge in [0.2, 0.25) is 0 Å². The maximum atomic E-state index is 12.2. The molecule has 100 valence electrons. The number of rotatable bonds is 4. The summed E-state index contributed by atoms with van der Waals surface area (Å²) < 4.78 is 26.8. The lowest BCUT2D eigenvalue weighted by Gasteiger charge is -2.10. The number of nitrogens with zero attached hydrogens (tertiary/aromatic N) is 1. The van der Waals surface area contributed by atoms with Gasteiger partial charge in [-0.05, 0) is 18.2 Å². The molecule has 0 amide bonds. The van der Waals surface area contributed by atoms with Gasteiger partial charge in [0.05, 0.1) is 15.6 Å². The fourth-order valence-electron chi connectivity index (χ4n) is 1.46. The molecule has 0 aliphatic carbocycles. The third-order valence-corrected chi connectivity index (χ3v) is 4.11. The molecular formula is C12H12ClN3O2S. The first-order valence-corrected chi connectivity index (χ1v) is 7.30. The van der Waals surface area contributed by atoms with Crippen LogP contribution in [0.3, 0.4) is 0 Å². The highest BCUT2D eigenvalue weighted by Crippen LogP contribution is 2.24. The third kappa shape index (κ3) is 3.15. The van der Waals surface area contributed by atoms with E-state index >= 15 is 0 Å². The molecule has 2 rings (SSSR count). The van der Waals surface area contributed by atoms with Crippen LogP contribution in [0.5, 0.6) is 0 Å². The zero-order valence-electron chi connectivity index (χ0n) is 10.1. The smallest absolute Gasteiger partial charge is 0.262 e. The molecule has 0 saturated carbocycles. The van der Waals surface area contributed by atoms with Crippen LogP contribution in [0.1, 0.15) is 0 Å². The minimum atomic E-state index is -3.68. The summed E-state index contributed by atoms with van der Waals surface area (Å²) in [6, 6.07) is 9.51. The molecule has 0 saturated heterocycles. The summed E-state index contributed by atoms with van der Waals surface area (Å²) in [6.07, 6.45) is 1.42. The Labute approximate surface area is 116 Å². The molecule has 1 aromatic heterocycles. The molecule has 0 aliphatic rings. The Balaban J connectivity index is 2.35. The average molecular weight is 298 g/mol. The highest BCUT2D eigenvalue weighted by molar-refractivity contribution is 7.92. The second-order valence-corrected chi connectivity index (χ2v) is 5.80. The second kappa shape index (κ2) is 5.46. The molecule has 0 unspecified atom stereocenters. The number of aromatic nitrogens is 1. The Morgan fingerprint density at radius 2 is 1.95 bits per heavy atom. The van der Waals surface area contributed by atoms with Gasteiger partial charge in [-0.15, -0.1) is 0 Å². The van der Waals surface area contributed by atoms with Crippen molar-refractivity contribution in [2.75, 3.05) is 17.1 Å². The molecule has 0 spiro atoms. The van der Waals surface area contributed by atoms with Crippen LogP contribution in [0.2, 0.25) is 5.02 Å². The van der Waals surface area contributed by atoms with Crippen molar-refractivity contribution >= 4 is 33.1 Å². The van der Waals surface area contributed by atoms with Crippen LogP contribution in [0.15, 0.2) is 47.5 Å². The molecule has 19 heavy (non-hydrogen) atoms. The van der Waals surface area contributed by atoms with Gasteiger partial charge in [-0.25, -0.2) is 13.4 Å². The van der Waals surface area contributed by atoms with Crippen molar-refractivity contribution in [2.24, 2.45) is 0 Å². The van der Waals surface area contributed by atoms with E-state index in [0.29, 0.717) is 16.5 Å². The summed E-state index contributed by atoms with van der Waals surface area (Å²) in [5.41, 5.74) is 0.340. The molecule has 1 heterocycles. The molecule has 0 fully saturated rings. The van der Waals surface area contributed by atoms with Crippen molar-refractivity contribution in [1.82, 2.24) is 4.98 Å². The first kappa shape index (κ1) is 13.6. The van der Waals surface area contributed by atoms with Crippen LogP contribution in [0, 0.1) is 0 Å². The summed E-state index contributed by atoms with van der Waals surface area (Å²) in [6.45, 7) is 0. The van der Waals surface area contributed by atoms with E-state index in [-0.39, 0.29) is 4.90 Å². The maximum absolute atomic E-state index is 12.2. The second-order valence-electron chi connectivity index (χ2n) is 3.71. The molecule has 0 aliphatic heterocycles. The molecular weight excluding hydrogens is 286 g/mol. The van der Waals surface area contributed by atoms with Crippen molar-refractivity contribution in [3.8, 4) is 0 Å². The molecule has 7 heteroatoms. The maximum Gasteiger partial charge on any atom is 0.262 e. The predicted octanol–water partition coefficient (Wildman–Crippen LogP) is 2.58. The molecule has 0 atom stereocenters. The number of anilines is 2. The molecule has 2 aromatic rings. The summed E-state index contributed by atoms with van der Waals surface area (Å²) >= 11 is 5.92. The molecule has 1 aromatic carbocycles. The Morgan fingerprint density at radius 1 is 1.21 bits per heavy atom. The SMILES string of the molecule is CNc1cc(S(=O)(=O)Nc2ccccc2Cl)ccn1. The number of halogens is 1. The number of hydrogen-bond acceptors (Lipinski definition) is 4. The average Bonchev–Trinajstić information content (AvgIpc) is 2.41. The molecule has 2 N–H and O–H groups in total. The Morgan fingerprint density at radius 3 is 2.63 bits per heavy atom. The largest absolute Gasteiger partial charge is 0.373 e. The zero-order chi connectivity index (χ0) is 13.9. The van der Waals surface area contributed by atoms with E-state index in [1.165, 1.54) is 18.3 Å². The third-order valence-electron chi connectivity index (χ3n) is 2.42. The van der Waals surface area contributed by atoms with E-state index in [0.717, 1.165) is 0 Å². The van der Waals surface area contributed by atoms with Gasteiger partial charge in [-0.1, -0.05) is 23.7 Å². The van der Waals surface area contributed by atoms with Gasteiger partial charge >= 0.3 is 0 Å². The van der Waals surface area contributed by atoms with Gasteiger partial charge < -0.3 is 5.32 Å². The van der Waals surface area contributed by atoms with E-state index in [4.69, 9.17) is 11.6 Å². The van der Waals surface area contributed by atoms with Gasteiger partial charge in [0, 0.05) is 19.3 Å². The van der Waals surface area contributed by atoms with E-state index in [2.05, 4.69) is 15.0 Å². The first-order valence-electron chi connectivity index (χ1n) is 5.44. The van der Waals surface area contributed by atoms with Crippen LogP contribution in [-0.4, -0.2) is 20.4 Å². The van der Waals surface area contributed by atoms with Crippen LogP contribution in [0.25, 0.3) is 0 Å². The van der Waals surface area contributed by atoms with E-state index in [9.17, 15) is 8.42 Å². The van der Waals surface area contributed by atoms with Gasteiger partial charge in [0.15, 0.2) is 0 Å². The zero-order valence-corrected chi connectivity index (χ0v) is 11.7. The summed E-state index contributed by atoms with van der Waals surface area (Å²) in [7, 11) is -2.02. The van der Waals surface area contributed by atoms with Gasteiger partial charge in [0.1, 0.15) is 5.82 Å². The highest BCUT2D eigenvalue weighted by Gasteiger charge is 2.16. The van der Waals surface area contributed by atoms with Gasteiger partial charge in [0.25, 0.3) is 10.0 Å². The van der Waals surface area contributed by atoms with Crippen molar-refractivity contribution in [2.45, 2.75) is 4.90 Å². The lowest BCUT2D eigenvalue weighted by Crippen LogP contribution is -2.13. The molecule has 0 bridgehead atoms. The minimum Gasteiger partial charge on any atom is -0.373 e. The highest BCUT2D eigenvalue weighted by atomic mass is 35.5. The Kier molecular flexibility index (Phi) is 3.92. The number of pyridine rings is 1. The first-order chi connectivity index (χ1) is 9.03. The fourth-order valence-corrected chi connectivity index (χ4v) is 2.79. The Bertz CT molecular complexity index is 689. The van der Waals surface area contributed by atoms with E-state index in [1.54, 1.807) is 31.3 Å². The Hall–Kier alpha value is -1.79. The number of para-hydroxylation sites is 1. The van der Waals surface area contributed by atoms with E-state index in [1.807, 2.05) is 0 Å². The van der Waals surface area contributed by atoms with Gasteiger partial charge in [-0.2, -0.15) is 0 Å². The number of nitrogens with one attached hydrogen (secondary N) is 2. The predicted molar refractivity (Wildman–Crippen MR) is 76.0 cm³/mol. The minimum absolute atomic E-state index is 0.117. The quantitative estimate of drug-likeness (QED) is 0.910. The molecule has 0 radical (unpaired) electrons. The van der Waals surface area contributed by atoms with Crippen LogP contribution in [-0.2, 0) is 10.0 Å². The van der Waals surface area contributed by atoms with Crippen LogP contribution in [0.4, 0.5) is 11.5 Å². The van der Waals surface area contributed by atoms with Crippen molar-refractivity contribution < 1.29 is 8.42 Å². The van der Waals surface area contributed by atoms with Crippen LogP contribution >= 0.6 is 11.6 Å². The summed E-state index contributed by atoms with van der Waals surface area (Å²) in [5, 5.41) is 3.13. The molecule has 5 nitrogen and oxygen atoms in total. The standard InChI is InChI=1S/C12H12ClN3O2S/c1-14-12-8-9(6-7-15-12)19(17,18)16-11-5-3-2-4-10(11)13/h2-8,16H,1H3,(H,14,15). The summed E-state index contributed by atoms with van der Waals surface area (Å²) in [4.78, 5) is 4.08. The normalized spacial score (nSPS) is 11.1. The van der Waals surface area contributed by atoms with Crippen molar-refractivity contribution in [3.05, 3.63) is 47.6 Å².